The van der Waals surface area contributed by atoms with Gasteiger partial charge in [0.2, 0.25) is 0 Å². The van der Waals surface area contributed by atoms with Gasteiger partial charge in [-0.05, 0) is 24.3 Å². The van der Waals surface area contributed by atoms with Gasteiger partial charge in [-0.2, -0.15) is 0 Å². The molecule has 0 aliphatic rings. The first-order valence-corrected chi connectivity index (χ1v) is 3.93. The van der Waals surface area contributed by atoms with Crippen LogP contribution in [0.25, 0.3) is 11.0 Å². The van der Waals surface area contributed by atoms with Gasteiger partial charge in [-0.3, -0.25) is 0 Å². The smallest absolute Gasteiger partial charge is 0.336 e. The van der Waals surface area contributed by atoms with Gasteiger partial charge in [0.15, 0.2) is 0 Å². The Balaban J connectivity index is 2.87. The van der Waals surface area contributed by atoms with Crippen LogP contribution in [-0.2, 0) is 0 Å². The molecule has 2 nitrogen and oxygen atoms in total. The minimum atomic E-state index is -0.325. The van der Waals surface area contributed by atoms with E-state index < -0.39 is 0 Å². The van der Waals surface area contributed by atoms with Crippen LogP contribution in [0.5, 0.6) is 0 Å². The van der Waals surface area contributed by atoms with Crippen molar-refractivity contribution in [1.82, 2.24) is 0 Å². The molecule has 0 atom stereocenters. The van der Waals surface area contributed by atoms with E-state index in [1.807, 2.05) is 6.07 Å². The maximum absolute atomic E-state index is 10.8. The lowest BCUT2D eigenvalue weighted by Gasteiger charge is -1.95. The third-order valence-corrected chi connectivity index (χ3v) is 1.88. The van der Waals surface area contributed by atoms with Crippen molar-refractivity contribution < 1.29 is 4.42 Å². The largest absolute Gasteiger partial charge is 0.423 e. The molecular weight excluding hydrogens is 172 g/mol. The Morgan fingerprint density at radius 2 is 2.00 bits per heavy atom. The quantitative estimate of drug-likeness (QED) is 0.494. The number of rotatable bonds is 0. The fraction of sp³-hybridized carbons (Fsp3) is 0. The first-order chi connectivity index (χ1) is 5.75. The predicted molar refractivity (Wildman–Crippen MR) is 49.7 cm³/mol. The van der Waals surface area contributed by atoms with Gasteiger partial charge in [-0.1, -0.05) is 0 Å². The van der Waals surface area contributed by atoms with Crippen molar-refractivity contribution in [2.45, 2.75) is 4.90 Å². The molecule has 0 radical (unpaired) electrons. The van der Waals surface area contributed by atoms with E-state index in [0.717, 1.165) is 10.3 Å². The molecule has 0 saturated carbocycles. The summed E-state index contributed by atoms with van der Waals surface area (Å²) < 4.78 is 4.93. The molecule has 2 rings (SSSR count). The molecule has 0 amide bonds. The van der Waals surface area contributed by atoms with Crippen molar-refractivity contribution in [1.29, 1.82) is 0 Å². The highest BCUT2D eigenvalue weighted by Gasteiger charge is 1.95. The fourth-order valence-corrected chi connectivity index (χ4v) is 1.27. The van der Waals surface area contributed by atoms with E-state index in [-0.39, 0.29) is 5.63 Å². The molecule has 0 spiro atoms. The molecule has 1 aromatic carbocycles. The van der Waals surface area contributed by atoms with E-state index in [2.05, 4.69) is 12.6 Å². The van der Waals surface area contributed by atoms with Gasteiger partial charge in [0, 0.05) is 16.3 Å². The van der Waals surface area contributed by atoms with Gasteiger partial charge in [0.05, 0.1) is 0 Å². The summed E-state index contributed by atoms with van der Waals surface area (Å²) in [6.07, 6.45) is 0. The normalized spacial score (nSPS) is 10.4. The molecular formula is C9H6O2S. The Hall–Kier alpha value is -1.22. The molecule has 60 valence electrons. The summed E-state index contributed by atoms with van der Waals surface area (Å²) in [5.41, 5.74) is 0.273. The number of thiol groups is 1. The SMILES string of the molecule is O=c1ccc2cc(S)ccc2o1. The molecule has 3 heteroatoms. The lowest BCUT2D eigenvalue weighted by molar-refractivity contribution is 0.561. The third kappa shape index (κ3) is 1.23. The van der Waals surface area contributed by atoms with Crippen LogP contribution in [0.1, 0.15) is 0 Å². The van der Waals surface area contributed by atoms with Crippen LogP contribution < -0.4 is 5.63 Å². The molecule has 0 N–H and O–H groups in total. The Kier molecular flexibility index (Phi) is 1.66. The molecule has 0 fully saturated rings. The Morgan fingerprint density at radius 1 is 1.17 bits per heavy atom. The molecule has 0 bridgehead atoms. The van der Waals surface area contributed by atoms with Crippen LogP contribution >= 0.6 is 12.6 Å². The molecule has 0 saturated heterocycles. The van der Waals surface area contributed by atoms with Crippen molar-refractivity contribution in [2.24, 2.45) is 0 Å². The zero-order valence-electron chi connectivity index (χ0n) is 6.15. The van der Waals surface area contributed by atoms with Gasteiger partial charge >= 0.3 is 5.63 Å². The van der Waals surface area contributed by atoms with E-state index in [1.165, 1.54) is 6.07 Å². The predicted octanol–water partition coefficient (Wildman–Crippen LogP) is 2.08. The topological polar surface area (TPSA) is 30.2 Å². The molecule has 1 aromatic heterocycles. The summed E-state index contributed by atoms with van der Waals surface area (Å²) in [5.74, 6) is 0. The maximum atomic E-state index is 10.8. The van der Waals surface area contributed by atoms with Crippen molar-refractivity contribution in [2.75, 3.05) is 0 Å². The summed E-state index contributed by atoms with van der Waals surface area (Å²) in [7, 11) is 0. The first-order valence-electron chi connectivity index (χ1n) is 3.48. The maximum Gasteiger partial charge on any atom is 0.336 e. The fourth-order valence-electron chi connectivity index (χ4n) is 1.06. The zero-order chi connectivity index (χ0) is 8.55. The lowest BCUT2D eigenvalue weighted by Crippen LogP contribution is -1.93. The lowest BCUT2D eigenvalue weighted by atomic mass is 10.2. The van der Waals surface area contributed by atoms with Crippen molar-refractivity contribution in [3.8, 4) is 0 Å². The van der Waals surface area contributed by atoms with Crippen LogP contribution in [0.2, 0.25) is 0 Å². The summed E-state index contributed by atoms with van der Waals surface area (Å²) >= 11 is 4.17. The number of hydrogen-bond acceptors (Lipinski definition) is 3. The molecule has 2 aromatic rings. The van der Waals surface area contributed by atoms with Crippen LogP contribution in [-0.4, -0.2) is 0 Å². The van der Waals surface area contributed by atoms with E-state index in [1.54, 1.807) is 18.2 Å². The van der Waals surface area contributed by atoms with Crippen LogP contribution in [0.3, 0.4) is 0 Å². The second-order valence-electron chi connectivity index (χ2n) is 2.48. The average Bonchev–Trinajstić information content (AvgIpc) is 2.05. The van der Waals surface area contributed by atoms with Gasteiger partial charge in [-0.25, -0.2) is 4.79 Å². The Labute approximate surface area is 74.2 Å². The van der Waals surface area contributed by atoms with E-state index >= 15 is 0 Å². The van der Waals surface area contributed by atoms with E-state index in [9.17, 15) is 4.79 Å². The van der Waals surface area contributed by atoms with Crippen molar-refractivity contribution >= 4 is 23.6 Å². The third-order valence-electron chi connectivity index (χ3n) is 1.60. The summed E-state index contributed by atoms with van der Waals surface area (Å²) in [6, 6.07) is 8.49. The summed E-state index contributed by atoms with van der Waals surface area (Å²) in [6.45, 7) is 0. The molecule has 12 heavy (non-hydrogen) atoms. The number of hydrogen-bond donors (Lipinski definition) is 1. The van der Waals surface area contributed by atoms with Gasteiger partial charge < -0.3 is 4.42 Å². The Bertz CT molecular complexity index is 473. The van der Waals surface area contributed by atoms with Crippen molar-refractivity contribution in [3.63, 3.8) is 0 Å². The second-order valence-corrected chi connectivity index (χ2v) is 2.99. The van der Waals surface area contributed by atoms with Crippen molar-refractivity contribution in [3.05, 3.63) is 40.8 Å². The summed E-state index contributed by atoms with van der Waals surface area (Å²) in [5, 5.41) is 0.891. The minimum absolute atomic E-state index is 0.325. The monoisotopic (exact) mass is 178 g/mol. The van der Waals surface area contributed by atoms with Gasteiger partial charge in [0.25, 0.3) is 0 Å². The van der Waals surface area contributed by atoms with Gasteiger partial charge in [0.1, 0.15) is 5.58 Å². The number of fused-ring (bicyclic) bond motifs is 1. The second kappa shape index (κ2) is 2.68. The zero-order valence-corrected chi connectivity index (χ0v) is 7.04. The standard InChI is InChI=1S/C9H6O2S/c10-9-4-1-6-5-7(12)2-3-8(6)11-9/h1-5,12H. The van der Waals surface area contributed by atoms with E-state index in [4.69, 9.17) is 4.42 Å². The Morgan fingerprint density at radius 3 is 2.83 bits per heavy atom. The highest BCUT2D eigenvalue weighted by molar-refractivity contribution is 7.80. The molecule has 0 unspecified atom stereocenters. The molecule has 0 aliphatic heterocycles. The van der Waals surface area contributed by atoms with Crippen LogP contribution in [0.15, 0.2) is 44.4 Å². The van der Waals surface area contributed by atoms with Gasteiger partial charge in [-0.15, -0.1) is 12.6 Å². The van der Waals surface area contributed by atoms with E-state index in [0.29, 0.717) is 5.58 Å². The minimum Gasteiger partial charge on any atom is -0.423 e. The summed E-state index contributed by atoms with van der Waals surface area (Å²) in [4.78, 5) is 11.6. The average molecular weight is 178 g/mol. The van der Waals surface area contributed by atoms with Crippen LogP contribution in [0, 0.1) is 0 Å². The molecule has 0 aliphatic carbocycles. The number of benzene rings is 1. The highest BCUT2D eigenvalue weighted by atomic mass is 32.1. The molecule has 1 heterocycles. The highest BCUT2D eigenvalue weighted by Crippen LogP contribution is 2.15. The van der Waals surface area contributed by atoms with Crippen LogP contribution in [0.4, 0.5) is 0 Å². The first kappa shape index (κ1) is 7.43.